The summed E-state index contributed by atoms with van der Waals surface area (Å²) < 4.78 is 7.61. The summed E-state index contributed by atoms with van der Waals surface area (Å²) in [5.41, 5.74) is 12.7. The second-order valence-electron chi connectivity index (χ2n) is 14.4. The van der Waals surface area contributed by atoms with Crippen molar-refractivity contribution in [2.24, 2.45) is 0 Å². The van der Waals surface area contributed by atoms with Gasteiger partial charge in [-0.1, -0.05) is 146 Å². The molecule has 2 heterocycles. The van der Waals surface area contributed by atoms with Crippen molar-refractivity contribution in [3.05, 3.63) is 199 Å². The number of rotatable bonds is 6. The van der Waals surface area contributed by atoms with Crippen molar-refractivity contribution < 1.29 is 4.42 Å². The molecule has 2 nitrogen and oxygen atoms in total. The summed E-state index contributed by atoms with van der Waals surface area (Å²) in [7, 11) is 0. The van der Waals surface area contributed by atoms with Crippen LogP contribution in [0.4, 0.5) is 11.4 Å². The van der Waals surface area contributed by atoms with Crippen molar-refractivity contribution in [1.82, 2.24) is 0 Å². The van der Waals surface area contributed by atoms with Gasteiger partial charge in [-0.25, -0.2) is 0 Å². The number of benzene rings is 8. The average molecular weight is 722 g/mol. The first-order valence-electron chi connectivity index (χ1n) is 18.9. The number of hydrogen-bond donors (Lipinski definition) is 0. The number of nitrogens with zero attached hydrogens (tertiary/aromatic N) is 1. The van der Waals surface area contributed by atoms with Crippen LogP contribution in [0.15, 0.2) is 192 Å². The molecule has 0 amide bonds. The van der Waals surface area contributed by atoms with E-state index >= 15 is 0 Å². The maximum Gasteiger partial charge on any atom is 0.136 e. The maximum atomic E-state index is 6.26. The SMILES string of the molecule is C1=CC(N(c2ccc(-c3ccc4c(c3)oc3ccccc34)cc2)c2ccccc2-c2cccc(-c3cccc4ccccc34)c2)Cc2sc3ccccc3c21. The molecule has 0 spiro atoms. The van der Waals surface area contributed by atoms with Crippen LogP contribution in [0.5, 0.6) is 0 Å². The Morgan fingerprint density at radius 3 is 2.07 bits per heavy atom. The van der Waals surface area contributed by atoms with Gasteiger partial charge in [0, 0.05) is 43.7 Å². The third-order valence-corrected chi connectivity index (χ3v) is 12.4. The summed E-state index contributed by atoms with van der Waals surface area (Å²) in [4.78, 5) is 3.99. The highest BCUT2D eigenvalue weighted by molar-refractivity contribution is 7.19. The molecule has 1 unspecified atom stereocenters. The van der Waals surface area contributed by atoms with E-state index in [4.69, 9.17) is 4.42 Å². The van der Waals surface area contributed by atoms with Crippen LogP contribution in [0, 0.1) is 0 Å². The van der Waals surface area contributed by atoms with Gasteiger partial charge < -0.3 is 9.32 Å². The van der Waals surface area contributed by atoms with E-state index in [0.717, 1.165) is 45.2 Å². The zero-order valence-corrected chi connectivity index (χ0v) is 30.8. The Kier molecular flexibility index (Phi) is 7.53. The highest BCUT2D eigenvalue weighted by atomic mass is 32.1. The van der Waals surface area contributed by atoms with Crippen LogP contribution < -0.4 is 4.90 Å². The third-order valence-electron chi connectivity index (χ3n) is 11.2. The molecule has 0 saturated carbocycles. The summed E-state index contributed by atoms with van der Waals surface area (Å²) in [5, 5.41) is 6.16. The molecule has 0 radical (unpaired) electrons. The first-order valence-corrected chi connectivity index (χ1v) is 19.7. The number of furan rings is 1. The lowest BCUT2D eigenvalue weighted by Gasteiger charge is -2.35. The molecule has 260 valence electrons. The lowest BCUT2D eigenvalue weighted by molar-refractivity contribution is 0.669. The largest absolute Gasteiger partial charge is 0.456 e. The summed E-state index contributed by atoms with van der Waals surface area (Å²) in [6.45, 7) is 0. The Hall–Kier alpha value is -6.68. The van der Waals surface area contributed by atoms with Gasteiger partial charge in [-0.3, -0.25) is 0 Å². The van der Waals surface area contributed by atoms with Gasteiger partial charge in [0.1, 0.15) is 11.2 Å². The highest BCUT2D eigenvalue weighted by Gasteiger charge is 2.27. The lowest BCUT2D eigenvalue weighted by Crippen LogP contribution is -2.32. The zero-order valence-electron chi connectivity index (χ0n) is 30.0. The predicted molar refractivity (Wildman–Crippen MR) is 234 cm³/mol. The highest BCUT2D eigenvalue weighted by Crippen LogP contribution is 2.43. The van der Waals surface area contributed by atoms with Crippen LogP contribution >= 0.6 is 11.3 Å². The van der Waals surface area contributed by atoms with Gasteiger partial charge in [-0.05, 0) is 98.1 Å². The Morgan fingerprint density at radius 2 is 1.16 bits per heavy atom. The fourth-order valence-corrected chi connectivity index (χ4v) is 9.82. The van der Waals surface area contributed by atoms with Gasteiger partial charge in [0.15, 0.2) is 0 Å². The maximum absolute atomic E-state index is 6.26. The summed E-state index contributed by atoms with van der Waals surface area (Å²) >= 11 is 1.93. The molecule has 2 aromatic heterocycles. The van der Waals surface area contributed by atoms with E-state index in [1.165, 1.54) is 59.2 Å². The van der Waals surface area contributed by atoms with Crippen molar-refractivity contribution >= 4 is 71.6 Å². The van der Waals surface area contributed by atoms with Gasteiger partial charge in [-0.2, -0.15) is 0 Å². The van der Waals surface area contributed by atoms with Gasteiger partial charge >= 0.3 is 0 Å². The number of hydrogen-bond acceptors (Lipinski definition) is 3. The monoisotopic (exact) mass is 721 g/mol. The normalized spacial score (nSPS) is 13.9. The minimum Gasteiger partial charge on any atom is -0.456 e. The number of para-hydroxylation sites is 2. The molecule has 11 rings (SSSR count). The molecule has 8 aromatic carbocycles. The Balaban J connectivity index is 1.02. The molecular weight excluding hydrogens is 687 g/mol. The fourth-order valence-electron chi connectivity index (χ4n) is 8.58. The second kappa shape index (κ2) is 13.0. The van der Waals surface area contributed by atoms with Gasteiger partial charge in [0.05, 0.1) is 6.04 Å². The molecule has 10 aromatic rings. The Labute approximate surface area is 323 Å². The summed E-state index contributed by atoms with van der Waals surface area (Å²) in [6.07, 6.45) is 5.70. The van der Waals surface area contributed by atoms with Crippen LogP contribution in [-0.4, -0.2) is 6.04 Å². The molecule has 0 N–H and O–H groups in total. The van der Waals surface area contributed by atoms with E-state index in [9.17, 15) is 0 Å². The van der Waals surface area contributed by atoms with E-state index in [1.54, 1.807) is 0 Å². The number of anilines is 2. The van der Waals surface area contributed by atoms with E-state index < -0.39 is 0 Å². The van der Waals surface area contributed by atoms with Crippen molar-refractivity contribution in [2.45, 2.75) is 12.5 Å². The number of fused-ring (bicyclic) bond motifs is 7. The van der Waals surface area contributed by atoms with Gasteiger partial charge in [-0.15, -0.1) is 11.3 Å². The van der Waals surface area contributed by atoms with Crippen molar-refractivity contribution in [3.63, 3.8) is 0 Å². The first kappa shape index (κ1) is 31.8. The fraction of sp³-hybridized carbons (Fsp3) is 0.0385. The molecule has 1 atom stereocenters. The standard InChI is InChI=1S/C52H35NOS/c1-2-15-41-35(11-1)12-10-19-42(41)37-13-9-14-38(31-37)43-16-3-6-20-48(43)53(40-28-30-47-46-18-5-8-22-51(46)55-52(47)33-40)39-26-23-34(24-27-39)36-25-29-45-44-17-4-7-21-49(44)54-50(45)32-36/h1-32,40H,33H2. The predicted octanol–water partition coefficient (Wildman–Crippen LogP) is 14.7. The molecular formula is C52H35NOS. The molecule has 0 saturated heterocycles. The smallest absolute Gasteiger partial charge is 0.136 e. The third kappa shape index (κ3) is 5.47. The average Bonchev–Trinajstić information content (AvgIpc) is 3.82. The molecule has 1 aliphatic rings. The lowest BCUT2D eigenvalue weighted by atomic mass is 9.93. The molecule has 1 aliphatic carbocycles. The van der Waals surface area contributed by atoms with Crippen LogP contribution in [0.2, 0.25) is 0 Å². The molecule has 55 heavy (non-hydrogen) atoms. The van der Waals surface area contributed by atoms with E-state index in [2.05, 4.69) is 187 Å². The second-order valence-corrected chi connectivity index (χ2v) is 15.6. The molecule has 0 bridgehead atoms. The molecule has 3 heteroatoms. The molecule has 0 aliphatic heterocycles. The van der Waals surface area contributed by atoms with Crippen molar-refractivity contribution in [2.75, 3.05) is 4.90 Å². The molecule has 0 fully saturated rings. The summed E-state index contributed by atoms with van der Waals surface area (Å²) in [5.74, 6) is 0. The van der Waals surface area contributed by atoms with Gasteiger partial charge in [0.2, 0.25) is 0 Å². The number of thiophene rings is 1. The van der Waals surface area contributed by atoms with Crippen molar-refractivity contribution in [3.8, 4) is 33.4 Å². The van der Waals surface area contributed by atoms with Crippen LogP contribution in [-0.2, 0) is 6.42 Å². The van der Waals surface area contributed by atoms with E-state index in [1.807, 2.05) is 23.5 Å². The minimum absolute atomic E-state index is 0.126. The van der Waals surface area contributed by atoms with E-state index in [-0.39, 0.29) is 6.04 Å². The van der Waals surface area contributed by atoms with Gasteiger partial charge in [0.25, 0.3) is 0 Å². The minimum atomic E-state index is 0.126. The van der Waals surface area contributed by atoms with Crippen molar-refractivity contribution in [1.29, 1.82) is 0 Å². The topological polar surface area (TPSA) is 16.4 Å². The first-order chi connectivity index (χ1) is 27.2. The Morgan fingerprint density at radius 1 is 0.491 bits per heavy atom. The summed E-state index contributed by atoms with van der Waals surface area (Å²) in [6, 6.07) is 66.1. The van der Waals surface area contributed by atoms with E-state index in [0.29, 0.717) is 0 Å². The van der Waals surface area contributed by atoms with Crippen LogP contribution in [0.25, 0.3) is 82.3 Å². The van der Waals surface area contributed by atoms with Crippen LogP contribution in [0.3, 0.4) is 0 Å². The Bertz CT molecular complexity index is 3090. The zero-order chi connectivity index (χ0) is 36.3. The van der Waals surface area contributed by atoms with Crippen LogP contribution in [0.1, 0.15) is 10.4 Å². The quantitative estimate of drug-likeness (QED) is 0.170.